The van der Waals surface area contributed by atoms with Gasteiger partial charge in [-0.2, -0.15) is 5.84 Å². The lowest BCUT2D eigenvalue weighted by atomic mass is 11.2. The molecule has 1 amide bonds. The van der Waals surface area contributed by atoms with Gasteiger partial charge in [0.05, 0.1) is 5.12 Å². The molecule has 0 spiro atoms. The van der Waals surface area contributed by atoms with Crippen LogP contribution in [0.15, 0.2) is 0 Å². The quantitative estimate of drug-likeness (QED) is 0.201. The Morgan fingerprint density at radius 1 is 1.88 bits per heavy atom. The number of rotatable bonds is 1. The molecule has 3 N–H and O–H groups in total. The van der Waals surface area contributed by atoms with Gasteiger partial charge in [-0.3, -0.25) is 0 Å². The highest BCUT2D eigenvalue weighted by Gasteiger charge is 2.16. The maximum atomic E-state index is 9.50. The van der Waals surface area contributed by atoms with Crippen LogP contribution >= 0.6 is 0 Å². The zero-order valence-corrected chi connectivity index (χ0v) is 3.64. The van der Waals surface area contributed by atoms with E-state index in [1.54, 1.807) is 0 Å². The molecule has 0 atom stereocenters. The molecule has 0 aliphatic rings. The minimum absolute atomic E-state index is 0.528. The van der Waals surface area contributed by atoms with Gasteiger partial charge >= 0.3 is 6.09 Å². The molecule has 0 aliphatic carbocycles. The Bertz CT molecular complexity index is 106. The van der Waals surface area contributed by atoms with Crippen LogP contribution in [-0.2, 0) is 0 Å². The van der Waals surface area contributed by atoms with E-state index in [0.29, 0.717) is 0 Å². The SMILES string of the molecule is NN(C(=O)O)[N+](=O)[O-]. The highest BCUT2D eigenvalue weighted by atomic mass is 16.7. The number of nitro groups is 1. The van der Waals surface area contributed by atoms with Gasteiger partial charge in [0.1, 0.15) is 0 Å². The molecular weight excluding hydrogens is 118 g/mol. The smallest absolute Gasteiger partial charge is 0.460 e. The minimum atomic E-state index is -1.80. The first kappa shape index (κ1) is 6.63. The van der Waals surface area contributed by atoms with Gasteiger partial charge < -0.3 is 5.11 Å². The molecule has 0 aromatic heterocycles. The van der Waals surface area contributed by atoms with Crippen molar-refractivity contribution < 1.29 is 14.9 Å². The molecular formula is CH3N3O4. The summed E-state index contributed by atoms with van der Waals surface area (Å²) >= 11 is 0. The second kappa shape index (κ2) is 2.07. The van der Waals surface area contributed by atoms with Crippen LogP contribution in [0.1, 0.15) is 0 Å². The van der Waals surface area contributed by atoms with Crippen molar-refractivity contribution in [2.75, 3.05) is 0 Å². The second-order valence-corrected chi connectivity index (χ2v) is 0.865. The molecule has 7 nitrogen and oxygen atoms in total. The molecule has 0 saturated heterocycles. The maximum absolute atomic E-state index is 9.50. The summed E-state index contributed by atoms with van der Waals surface area (Å²) in [7, 11) is 0. The summed E-state index contributed by atoms with van der Waals surface area (Å²) in [6, 6.07) is 0. The van der Waals surface area contributed by atoms with Crippen molar-refractivity contribution in [2.24, 2.45) is 5.84 Å². The minimum Gasteiger partial charge on any atom is -0.460 e. The number of carboxylic acid groups (broad SMARTS) is 1. The van der Waals surface area contributed by atoms with Crippen molar-refractivity contribution >= 4 is 6.09 Å². The molecule has 0 aromatic carbocycles. The van der Waals surface area contributed by atoms with Crippen LogP contribution in [0, 0.1) is 10.1 Å². The molecule has 0 bridgehead atoms. The van der Waals surface area contributed by atoms with Crippen molar-refractivity contribution in [3.63, 3.8) is 0 Å². The van der Waals surface area contributed by atoms with Gasteiger partial charge in [-0.25, -0.2) is 14.9 Å². The van der Waals surface area contributed by atoms with E-state index in [1.165, 1.54) is 0 Å². The summed E-state index contributed by atoms with van der Waals surface area (Å²) in [5, 5.41) is 15.3. The third-order valence-corrected chi connectivity index (χ3v) is 0.372. The average Bonchev–Trinajstić information content (AvgIpc) is 1.64. The molecule has 0 radical (unpaired) electrons. The zero-order valence-electron chi connectivity index (χ0n) is 3.64. The molecule has 0 fully saturated rings. The van der Waals surface area contributed by atoms with E-state index < -0.39 is 16.2 Å². The number of hydrogen-bond donors (Lipinski definition) is 2. The van der Waals surface area contributed by atoms with Crippen molar-refractivity contribution in [3.05, 3.63) is 10.1 Å². The molecule has 0 aliphatic heterocycles. The summed E-state index contributed by atoms with van der Waals surface area (Å²) < 4.78 is 0. The van der Waals surface area contributed by atoms with E-state index in [0.717, 1.165) is 0 Å². The van der Waals surface area contributed by atoms with E-state index in [9.17, 15) is 14.9 Å². The lowest BCUT2D eigenvalue weighted by Gasteiger charge is -1.96. The summed E-state index contributed by atoms with van der Waals surface area (Å²) in [4.78, 5) is 18.9. The number of amides is 1. The highest BCUT2D eigenvalue weighted by molar-refractivity contribution is 5.62. The van der Waals surface area contributed by atoms with Crippen LogP contribution in [0.25, 0.3) is 0 Å². The Kier molecular flexibility index (Phi) is 1.72. The largest absolute Gasteiger partial charge is 0.482 e. The van der Waals surface area contributed by atoms with Gasteiger partial charge in [0.25, 0.3) is 0 Å². The van der Waals surface area contributed by atoms with Crippen LogP contribution in [0.4, 0.5) is 4.79 Å². The fourth-order valence-corrected chi connectivity index (χ4v) is 0.0698. The fourth-order valence-electron chi connectivity index (χ4n) is 0.0698. The summed E-state index contributed by atoms with van der Waals surface area (Å²) in [6.45, 7) is 0. The van der Waals surface area contributed by atoms with E-state index >= 15 is 0 Å². The van der Waals surface area contributed by atoms with Gasteiger partial charge in [0, 0.05) is 0 Å². The molecule has 0 aromatic rings. The zero-order chi connectivity index (χ0) is 6.73. The van der Waals surface area contributed by atoms with Crippen LogP contribution in [0.5, 0.6) is 0 Å². The molecule has 46 valence electrons. The number of carbonyl (C=O) groups is 1. The Labute approximate surface area is 43.4 Å². The average molecular weight is 121 g/mol. The first-order chi connectivity index (χ1) is 3.55. The summed E-state index contributed by atoms with van der Waals surface area (Å²) in [6.07, 6.45) is -1.80. The second-order valence-electron chi connectivity index (χ2n) is 0.865. The Morgan fingerprint density at radius 2 is 2.25 bits per heavy atom. The van der Waals surface area contributed by atoms with Gasteiger partial charge in [-0.1, -0.05) is 0 Å². The van der Waals surface area contributed by atoms with Gasteiger partial charge in [-0.05, 0) is 0 Å². The third kappa shape index (κ3) is 1.39. The van der Waals surface area contributed by atoms with Crippen LogP contribution in [0.3, 0.4) is 0 Å². The monoisotopic (exact) mass is 121 g/mol. The number of nitrogens with zero attached hydrogens (tertiary/aromatic N) is 2. The van der Waals surface area contributed by atoms with Crippen molar-refractivity contribution in [1.29, 1.82) is 0 Å². The topological polar surface area (TPSA) is 110 Å². The highest BCUT2D eigenvalue weighted by Crippen LogP contribution is 1.75. The van der Waals surface area contributed by atoms with E-state index in [4.69, 9.17) is 5.11 Å². The first-order valence-electron chi connectivity index (χ1n) is 1.47. The molecule has 7 heteroatoms. The maximum Gasteiger partial charge on any atom is 0.482 e. The number of hydrazine groups is 2. The normalized spacial score (nSPS) is 8.12. The third-order valence-electron chi connectivity index (χ3n) is 0.372. The Morgan fingerprint density at radius 3 is 2.25 bits per heavy atom. The van der Waals surface area contributed by atoms with Crippen molar-refractivity contribution in [3.8, 4) is 0 Å². The molecule has 0 saturated carbocycles. The van der Waals surface area contributed by atoms with Crippen LogP contribution < -0.4 is 5.84 Å². The lowest BCUT2D eigenvalue weighted by Crippen LogP contribution is -2.40. The first-order valence-corrected chi connectivity index (χ1v) is 1.47. The molecule has 0 heterocycles. The molecule has 0 unspecified atom stereocenters. The predicted octanol–water partition coefficient (Wildman–Crippen LogP) is -0.968. The Balaban J connectivity index is 3.83. The lowest BCUT2D eigenvalue weighted by molar-refractivity contribution is -0.637. The van der Waals surface area contributed by atoms with Crippen molar-refractivity contribution in [1.82, 2.24) is 5.12 Å². The van der Waals surface area contributed by atoms with Crippen LogP contribution in [0.2, 0.25) is 0 Å². The Hall–Kier alpha value is -1.37. The summed E-state index contributed by atoms with van der Waals surface area (Å²) in [5.74, 6) is 4.29. The van der Waals surface area contributed by atoms with E-state index in [-0.39, 0.29) is 0 Å². The van der Waals surface area contributed by atoms with Crippen LogP contribution in [-0.4, -0.2) is 21.3 Å². The van der Waals surface area contributed by atoms with Gasteiger partial charge in [0.2, 0.25) is 0 Å². The van der Waals surface area contributed by atoms with E-state index in [1.807, 2.05) is 0 Å². The molecule has 0 rings (SSSR count). The standard InChI is InChI=1S/CH3N3O4/c2-3(1(5)6)4(7)8/h2H2,(H,5,6). The summed E-state index contributed by atoms with van der Waals surface area (Å²) in [5.41, 5.74) is 0. The van der Waals surface area contributed by atoms with Crippen molar-refractivity contribution in [2.45, 2.75) is 0 Å². The fraction of sp³-hybridized carbons (Fsp3) is 0. The van der Waals surface area contributed by atoms with Gasteiger partial charge in [-0.15, -0.1) is 0 Å². The number of hydrogen-bond acceptors (Lipinski definition) is 4. The number of nitrogens with two attached hydrogens (primary N) is 1. The van der Waals surface area contributed by atoms with E-state index in [2.05, 4.69) is 5.84 Å². The van der Waals surface area contributed by atoms with Gasteiger partial charge in [0.15, 0.2) is 5.03 Å². The molecule has 8 heavy (non-hydrogen) atoms. The predicted molar refractivity (Wildman–Crippen MR) is 21.0 cm³/mol.